The highest BCUT2D eigenvalue weighted by molar-refractivity contribution is 5.90. The van der Waals surface area contributed by atoms with Gasteiger partial charge in [0.15, 0.2) is 0 Å². The zero-order valence-electron chi connectivity index (χ0n) is 17.7. The molecule has 1 amide bonds. The van der Waals surface area contributed by atoms with Gasteiger partial charge >= 0.3 is 0 Å². The van der Waals surface area contributed by atoms with Crippen molar-refractivity contribution < 1.29 is 4.79 Å². The third-order valence-corrected chi connectivity index (χ3v) is 6.89. The van der Waals surface area contributed by atoms with Gasteiger partial charge in [0.2, 0.25) is 0 Å². The molecule has 2 aliphatic carbocycles. The van der Waals surface area contributed by atoms with E-state index in [2.05, 4.69) is 48.0 Å². The summed E-state index contributed by atoms with van der Waals surface area (Å²) in [5.74, 6) is 2.54. The summed E-state index contributed by atoms with van der Waals surface area (Å²) in [4.78, 5) is 21.2. The smallest absolute Gasteiger partial charge is 0.293 e. The fraction of sp³-hybridized carbons (Fsp3) is 0.524. The van der Waals surface area contributed by atoms with E-state index in [1.807, 2.05) is 13.8 Å². The van der Waals surface area contributed by atoms with Gasteiger partial charge in [-0.1, -0.05) is 6.07 Å². The maximum Gasteiger partial charge on any atom is 0.293 e. The topological polar surface area (TPSA) is 118 Å². The van der Waals surface area contributed by atoms with Gasteiger partial charge < -0.3 is 10.2 Å². The number of hydrogen-bond donors (Lipinski definition) is 2. The van der Waals surface area contributed by atoms with Gasteiger partial charge in [0.25, 0.3) is 11.7 Å². The minimum Gasteiger partial charge on any atom is -0.356 e. The van der Waals surface area contributed by atoms with E-state index in [0.717, 1.165) is 66.2 Å². The number of rotatable bonds is 5. The van der Waals surface area contributed by atoms with Crippen LogP contribution in [0.1, 0.15) is 57.7 Å². The van der Waals surface area contributed by atoms with Crippen molar-refractivity contribution in [1.82, 2.24) is 40.7 Å². The first-order valence-electron chi connectivity index (χ1n) is 10.9. The standard InChI is InChI=1S/C21H25N9O/c1-11-13(3-6-18(22-11)29-8-14-7-15(14)9-29)10-30-27-20(26-28-30)21(31)23-17-5-4-16-12(2)24-25-19(16)17/h3,6,14-15,17H,4-5,7-10H2,1-2H3,(H,23,31)(H,24,25). The predicted octanol–water partition coefficient (Wildman–Crippen LogP) is 1.33. The van der Waals surface area contributed by atoms with E-state index in [9.17, 15) is 4.79 Å². The Kier molecular flexibility index (Phi) is 4.09. The summed E-state index contributed by atoms with van der Waals surface area (Å²) < 4.78 is 0. The molecular weight excluding hydrogens is 394 g/mol. The van der Waals surface area contributed by atoms with Crippen LogP contribution in [0.4, 0.5) is 5.82 Å². The fourth-order valence-electron chi connectivity index (χ4n) is 4.94. The molecule has 10 heteroatoms. The summed E-state index contributed by atoms with van der Waals surface area (Å²) in [5.41, 5.74) is 5.14. The lowest BCUT2D eigenvalue weighted by molar-refractivity contribution is 0.0925. The highest BCUT2D eigenvalue weighted by Crippen LogP contribution is 2.45. The third-order valence-electron chi connectivity index (χ3n) is 6.89. The summed E-state index contributed by atoms with van der Waals surface area (Å²) >= 11 is 0. The zero-order chi connectivity index (χ0) is 21.1. The number of aromatic amines is 1. The van der Waals surface area contributed by atoms with Crippen LogP contribution in [0.15, 0.2) is 12.1 Å². The van der Waals surface area contributed by atoms with Gasteiger partial charge in [-0.25, -0.2) is 4.98 Å². The van der Waals surface area contributed by atoms with Crippen LogP contribution in [-0.2, 0) is 13.0 Å². The van der Waals surface area contributed by atoms with Gasteiger partial charge in [0.1, 0.15) is 5.82 Å². The number of hydrogen-bond acceptors (Lipinski definition) is 7. The molecule has 3 aliphatic rings. The Morgan fingerprint density at radius 1 is 1.23 bits per heavy atom. The van der Waals surface area contributed by atoms with Gasteiger partial charge in [-0.2, -0.15) is 9.90 Å². The summed E-state index contributed by atoms with van der Waals surface area (Å²) in [6.45, 7) is 6.66. The van der Waals surface area contributed by atoms with E-state index in [1.54, 1.807) is 0 Å². The van der Waals surface area contributed by atoms with E-state index >= 15 is 0 Å². The summed E-state index contributed by atoms with van der Waals surface area (Å²) in [7, 11) is 0. The van der Waals surface area contributed by atoms with Crippen molar-refractivity contribution in [2.75, 3.05) is 18.0 Å². The molecule has 31 heavy (non-hydrogen) atoms. The van der Waals surface area contributed by atoms with Gasteiger partial charge in [-0.3, -0.25) is 9.89 Å². The minimum absolute atomic E-state index is 0.0724. The molecule has 0 bridgehead atoms. The number of tetrazole rings is 1. The van der Waals surface area contributed by atoms with Crippen LogP contribution in [0.5, 0.6) is 0 Å². The molecule has 3 unspecified atom stereocenters. The number of H-pyrrole nitrogens is 1. The largest absolute Gasteiger partial charge is 0.356 e. The second-order valence-corrected chi connectivity index (χ2v) is 8.98. The Morgan fingerprint density at radius 3 is 2.87 bits per heavy atom. The van der Waals surface area contributed by atoms with Gasteiger partial charge in [0.05, 0.1) is 24.0 Å². The SMILES string of the molecule is Cc1nc(N2CC3CC3C2)ccc1Cn1nnc(C(=O)NC2CCc3c(C)n[nH]c32)n1. The highest BCUT2D eigenvalue weighted by atomic mass is 16.2. The number of fused-ring (bicyclic) bond motifs is 2. The Hall–Kier alpha value is -3.30. The van der Waals surface area contributed by atoms with Crippen molar-refractivity contribution >= 4 is 11.7 Å². The summed E-state index contributed by atoms with van der Waals surface area (Å²) in [6, 6.07) is 4.05. The van der Waals surface area contributed by atoms with Crippen LogP contribution in [0.3, 0.4) is 0 Å². The van der Waals surface area contributed by atoms with Crippen LogP contribution >= 0.6 is 0 Å². The lowest BCUT2D eigenvalue weighted by Crippen LogP contribution is -2.28. The van der Waals surface area contributed by atoms with Crippen LogP contribution in [0.2, 0.25) is 0 Å². The average Bonchev–Trinajstić information content (AvgIpc) is 3.22. The van der Waals surface area contributed by atoms with Crippen LogP contribution in [-0.4, -0.2) is 54.4 Å². The number of anilines is 1. The van der Waals surface area contributed by atoms with Crippen molar-refractivity contribution in [2.45, 2.75) is 45.7 Å². The van der Waals surface area contributed by atoms with E-state index in [-0.39, 0.29) is 17.8 Å². The second-order valence-electron chi connectivity index (χ2n) is 8.98. The molecular formula is C21H25N9O. The molecule has 160 valence electrons. The van der Waals surface area contributed by atoms with Crippen molar-refractivity contribution in [2.24, 2.45) is 11.8 Å². The predicted molar refractivity (Wildman–Crippen MR) is 112 cm³/mol. The Balaban J connectivity index is 1.12. The van der Waals surface area contributed by atoms with E-state index in [4.69, 9.17) is 4.98 Å². The van der Waals surface area contributed by atoms with Gasteiger partial charge in [0, 0.05) is 18.8 Å². The molecule has 3 aromatic rings. The molecule has 4 heterocycles. The maximum absolute atomic E-state index is 12.6. The minimum atomic E-state index is -0.325. The second kappa shape index (κ2) is 6.86. The molecule has 1 saturated heterocycles. The first-order chi connectivity index (χ1) is 15.0. The number of carbonyl (C=O) groups is 1. The molecule has 0 aromatic carbocycles. The van der Waals surface area contributed by atoms with E-state index in [1.165, 1.54) is 16.8 Å². The first-order valence-corrected chi connectivity index (χ1v) is 10.9. The molecule has 0 spiro atoms. The number of aryl methyl sites for hydroxylation is 2. The van der Waals surface area contributed by atoms with Crippen molar-refractivity contribution in [3.05, 3.63) is 46.2 Å². The highest BCUT2D eigenvalue weighted by Gasteiger charge is 2.45. The number of pyridine rings is 1. The van der Waals surface area contributed by atoms with Crippen molar-refractivity contribution in [3.8, 4) is 0 Å². The van der Waals surface area contributed by atoms with E-state index < -0.39 is 0 Å². The van der Waals surface area contributed by atoms with Crippen LogP contribution in [0, 0.1) is 25.7 Å². The molecule has 6 rings (SSSR count). The number of carbonyl (C=O) groups excluding carboxylic acids is 1. The fourth-order valence-corrected chi connectivity index (χ4v) is 4.94. The molecule has 3 aromatic heterocycles. The first kappa shape index (κ1) is 18.5. The quantitative estimate of drug-likeness (QED) is 0.641. The van der Waals surface area contributed by atoms with Crippen LogP contribution < -0.4 is 10.2 Å². The molecule has 2 fully saturated rings. The lowest BCUT2D eigenvalue weighted by Gasteiger charge is -2.20. The monoisotopic (exact) mass is 419 g/mol. The number of amides is 1. The molecule has 1 aliphatic heterocycles. The molecule has 2 N–H and O–H groups in total. The zero-order valence-corrected chi connectivity index (χ0v) is 17.7. The Bertz CT molecular complexity index is 1160. The van der Waals surface area contributed by atoms with Crippen molar-refractivity contribution in [1.29, 1.82) is 0 Å². The normalized spacial score (nSPS) is 23.7. The molecule has 10 nitrogen and oxygen atoms in total. The van der Waals surface area contributed by atoms with Crippen molar-refractivity contribution in [3.63, 3.8) is 0 Å². The van der Waals surface area contributed by atoms with Crippen LogP contribution in [0.25, 0.3) is 0 Å². The maximum atomic E-state index is 12.6. The number of nitrogens with one attached hydrogen (secondary N) is 2. The average molecular weight is 419 g/mol. The van der Waals surface area contributed by atoms with Gasteiger partial charge in [-0.15, -0.1) is 10.2 Å². The molecule has 1 saturated carbocycles. The Labute approximate surface area is 179 Å². The van der Waals surface area contributed by atoms with Gasteiger partial charge in [-0.05, 0) is 67.4 Å². The molecule has 0 radical (unpaired) electrons. The number of piperidine rings is 1. The lowest BCUT2D eigenvalue weighted by atomic mass is 10.2. The number of nitrogens with zero attached hydrogens (tertiary/aromatic N) is 7. The third kappa shape index (κ3) is 3.26. The van der Waals surface area contributed by atoms with E-state index in [0.29, 0.717) is 6.54 Å². The number of aromatic nitrogens is 7. The summed E-state index contributed by atoms with van der Waals surface area (Å²) in [5, 5.41) is 22.6. The molecule has 3 atom stereocenters. The summed E-state index contributed by atoms with van der Waals surface area (Å²) in [6.07, 6.45) is 3.13. The Morgan fingerprint density at radius 2 is 2.06 bits per heavy atom.